The van der Waals surface area contributed by atoms with Crippen molar-refractivity contribution in [2.24, 2.45) is 0 Å². The van der Waals surface area contributed by atoms with E-state index in [0.717, 1.165) is 32.1 Å². The van der Waals surface area contributed by atoms with E-state index in [1.54, 1.807) is 6.08 Å². The third-order valence-electron chi connectivity index (χ3n) is 14.7. The smallest absolute Gasteiger partial charge is 0.220 e. The molecule has 12 unspecified atom stereocenters. The number of hydrogen-bond donors (Lipinski definition) is 9. The number of ether oxygens (including phenoxy) is 4. The molecule has 2 fully saturated rings. The van der Waals surface area contributed by atoms with Crippen LogP contribution in [0.2, 0.25) is 0 Å². The summed E-state index contributed by atoms with van der Waals surface area (Å²) in [5.41, 5.74) is 0. The van der Waals surface area contributed by atoms with E-state index in [-0.39, 0.29) is 18.9 Å². The van der Waals surface area contributed by atoms with Crippen molar-refractivity contribution in [3.63, 3.8) is 0 Å². The van der Waals surface area contributed by atoms with Gasteiger partial charge in [0.25, 0.3) is 0 Å². The van der Waals surface area contributed by atoms with Gasteiger partial charge < -0.3 is 65.1 Å². The summed E-state index contributed by atoms with van der Waals surface area (Å²) < 4.78 is 22.5. The van der Waals surface area contributed by atoms with Crippen molar-refractivity contribution in [2.45, 2.75) is 325 Å². The number of allylic oxidation sites excluding steroid dienone is 1. The maximum Gasteiger partial charge on any atom is 0.220 e. The molecule has 0 aromatic heterocycles. The summed E-state index contributed by atoms with van der Waals surface area (Å²) in [4.78, 5) is 13.0. The Labute approximate surface area is 431 Å². The van der Waals surface area contributed by atoms with Crippen molar-refractivity contribution in [3.8, 4) is 0 Å². The van der Waals surface area contributed by atoms with Gasteiger partial charge in [-0.2, -0.15) is 0 Å². The Morgan fingerprint density at radius 2 is 0.873 bits per heavy atom. The van der Waals surface area contributed by atoms with Crippen molar-refractivity contribution < 1.29 is 64.6 Å². The van der Waals surface area contributed by atoms with Crippen LogP contribution < -0.4 is 5.32 Å². The first-order valence-corrected chi connectivity index (χ1v) is 29.4. The molecule has 0 bridgehead atoms. The molecule has 0 radical (unpaired) electrons. The lowest BCUT2D eigenvalue weighted by molar-refractivity contribution is -0.359. The Balaban J connectivity index is 1.46. The van der Waals surface area contributed by atoms with Crippen molar-refractivity contribution in [1.29, 1.82) is 0 Å². The predicted molar refractivity (Wildman–Crippen MR) is 282 cm³/mol. The molecule has 2 rings (SSSR count). The zero-order valence-corrected chi connectivity index (χ0v) is 45.0. The SMILES string of the molecule is CCC/C=C/C(O)C(COC1OC(CO)C(OC2OC(CO)C(O)C(O)C2O)C(O)C1O)NC(=O)CCCCCCCCCCCCCCCCCCCCCCCCCCCCCCCCCCCC. The van der Waals surface area contributed by atoms with Gasteiger partial charge in [0.2, 0.25) is 5.91 Å². The van der Waals surface area contributed by atoms with Gasteiger partial charge in [-0.25, -0.2) is 0 Å². The highest BCUT2D eigenvalue weighted by atomic mass is 16.7. The molecule has 14 nitrogen and oxygen atoms in total. The van der Waals surface area contributed by atoms with Crippen LogP contribution in [0.4, 0.5) is 0 Å². The molecule has 2 saturated heterocycles. The van der Waals surface area contributed by atoms with Gasteiger partial charge in [-0.05, 0) is 12.8 Å². The van der Waals surface area contributed by atoms with Crippen LogP contribution in [0.3, 0.4) is 0 Å². The average molecular weight is 1020 g/mol. The molecule has 1 amide bonds. The number of aliphatic hydroxyl groups excluding tert-OH is 8. The molecule has 12 atom stereocenters. The highest BCUT2D eigenvalue weighted by Crippen LogP contribution is 2.30. The van der Waals surface area contributed by atoms with Crippen molar-refractivity contribution >= 4 is 5.91 Å². The first-order valence-electron chi connectivity index (χ1n) is 29.4. The number of carbonyl (C=O) groups excluding carboxylic acids is 1. The third-order valence-corrected chi connectivity index (χ3v) is 14.7. The third kappa shape index (κ3) is 30.2. The minimum absolute atomic E-state index is 0.246. The summed E-state index contributed by atoms with van der Waals surface area (Å²) in [5.74, 6) is -0.246. The van der Waals surface area contributed by atoms with Crippen LogP contribution in [-0.4, -0.2) is 140 Å². The fourth-order valence-corrected chi connectivity index (χ4v) is 9.95. The minimum Gasteiger partial charge on any atom is -0.394 e. The van der Waals surface area contributed by atoms with Crippen LogP contribution in [0.1, 0.15) is 251 Å². The van der Waals surface area contributed by atoms with Crippen LogP contribution in [0.25, 0.3) is 0 Å². The van der Waals surface area contributed by atoms with Gasteiger partial charge in [-0.3, -0.25) is 4.79 Å². The molecule has 0 spiro atoms. The van der Waals surface area contributed by atoms with Crippen LogP contribution in [0.5, 0.6) is 0 Å². The predicted octanol–water partition coefficient (Wildman–Crippen LogP) is 9.50. The van der Waals surface area contributed by atoms with Crippen LogP contribution in [-0.2, 0) is 23.7 Å². The number of amides is 1. The van der Waals surface area contributed by atoms with Crippen molar-refractivity contribution in [2.75, 3.05) is 19.8 Å². The van der Waals surface area contributed by atoms with E-state index in [1.165, 1.54) is 193 Å². The second kappa shape index (κ2) is 43.9. The summed E-state index contributed by atoms with van der Waals surface area (Å²) >= 11 is 0. The first kappa shape index (κ1) is 65.8. The zero-order valence-electron chi connectivity index (χ0n) is 45.0. The van der Waals surface area contributed by atoms with E-state index in [4.69, 9.17) is 18.9 Å². The molecule has 0 saturated carbocycles. The molecule has 420 valence electrons. The second-order valence-electron chi connectivity index (χ2n) is 21.1. The maximum absolute atomic E-state index is 13.0. The summed E-state index contributed by atoms with van der Waals surface area (Å²) in [5, 5.41) is 86.0. The first-order chi connectivity index (χ1) is 34.6. The highest BCUT2D eigenvalue weighted by Gasteiger charge is 2.51. The Bertz CT molecular complexity index is 1240. The molecule has 0 aromatic rings. The quantitative estimate of drug-likeness (QED) is 0.0205. The lowest BCUT2D eigenvalue weighted by atomic mass is 9.97. The highest BCUT2D eigenvalue weighted by molar-refractivity contribution is 5.76. The van der Waals surface area contributed by atoms with Gasteiger partial charge in [0.1, 0.15) is 48.8 Å². The van der Waals surface area contributed by atoms with E-state index in [0.29, 0.717) is 6.42 Å². The molecular weight excluding hydrogens is 907 g/mol. The Morgan fingerprint density at radius 1 is 0.493 bits per heavy atom. The van der Waals surface area contributed by atoms with Crippen LogP contribution >= 0.6 is 0 Å². The fraction of sp³-hybridized carbons (Fsp3) is 0.947. The summed E-state index contributed by atoms with van der Waals surface area (Å²) in [7, 11) is 0. The van der Waals surface area contributed by atoms with Gasteiger partial charge in [0.15, 0.2) is 12.6 Å². The maximum atomic E-state index is 13.0. The Hall–Kier alpha value is -1.27. The lowest BCUT2D eigenvalue weighted by Crippen LogP contribution is -2.65. The summed E-state index contributed by atoms with van der Waals surface area (Å²) in [6.45, 7) is 2.58. The van der Waals surface area contributed by atoms with E-state index < -0.39 is 86.8 Å². The molecule has 2 aliphatic heterocycles. The number of carbonyl (C=O) groups is 1. The average Bonchev–Trinajstić information content (AvgIpc) is 3.37. The molecular formula is C57H109NO13. The summed E-state index contributed by atoms with van der Waals surface area (Å²) in [6.07, 6.45) is 34.3. The number of aliphatic hydroxyl groups is 8. The molecule has 0 aliphatic carbocycles. The number of rotatable bonds is 47. The number of unbranched alkanes of at least 4 members (excludes halogenated alkanes) is 34. The molecule has 2 heterocycles. The zero-order chi connectivity index (χ0) is 51.7. The van der Waals surface area contributed by atoms with Gasteiger partial charge in [0.05, 0.1) is 32.0 Å². The number of nitrogens with one attached hydrogen (secondary N) is 1. The normalized spacial score (nSPS) is 25.8. The van der Waals surface area contributed by atoms with Gasteiger partial charge in [-0.1, -0.05) is 244 Å². The number of hydrogen-bond acceptors (Lipinski definition) is 13. The summed E-state index contributed by atoms with van der Waals surface area (Å²) in [6, 6.07) is -0.905. The minimum atomic E-state index is -1.78. The Morgan fingerprint density at radius 3 is 1.27 bits per heavy atom. The second-order valence-corrected chi connectivity index (χ2v) is 21.1. The molecule has 71 heavy (non-hydrogen) atoms. The fourth-order valence-electron chi connectivity index (χ4n) is 9.95. The molecule has 2 aliphatic rings. The van der Waals surface area contributed by atoms with Gasteiger partial charge in [-0.15, -0.1) is 0 Å². The van der Waals surface area contributed by atoms with Crippen molar-refractivity contribution in [1.82, 2.24) is 5.32 Å². The topological polar surface area (TPSA) is 228 Å². The lowest BCUT2D eigenvalue weighted by Gasteiger charge is -2.46. The van der Waals surface area contributed by atoms with E-state index in [2.05, 4.69) is 12.2 Å². The molecule has 0 aromatic carbocycles. The van der Waals surface area contributed by atoms with Gasteiger partial charge in [0, 0.05) is 6.42 Å². The van der Waals surface area contributed by atoms with E-state index >= 15 is 0 Å². The van der Waals surface area contributed by atoms with Gasteiger partial charge >= 0.3 is 0 Å². The molecule has 9 N–H and O–H groups in total. The van der Waals surface area contributed by atoms with E-state index in [1.807, 2.05) is 13.0 Å². The largest absolute Gasteiger partial charge is 0.394 e. The van der Waals surface area contributed by atoms with Crippen LogP contribution in [0.15, 0.2) is 12.2 Å². The van der Waals surface area contributed by atoms with Crippen molar-refractivity contribution in [3.05, 3.63) is 12.2 Å². The molecule has 14 heteroatoms. The Kier molecular flexibility index (Phi) is 40.7. The monoisotopic (exact) mass is 1020 g/mol. The van der Waals surface area contributed by atoms with E-state index in [9.17, 15) is 45.6 Å². The standard InChI is InChI=1S/C57H109NO13/c1-3-5-7-8-9-10-11-12-13-14-15-16-17-18-19-20-21-22-23-24-25-26-27-28-29-30-31-32-33-34-35-36-37-39-41-49(62)58-45(46(61)40-38-6-4-2)44-68-56-54(67)52(65)55(48(43-60)70-56)71-57-53(66)51(64)50(63)47(42-59)69-57/h38,40,45-48,50-57,59-61,63-67H,3-37,39,41-44H2,1-2H3,(H,58,62)/b40-38+. The van der Waals surface area contributed by atoms with Crippen LogP contribution in [0, 0.1) is 0 Å².